The first-order valence-electron chi connectivity index (χ1n) is 41.2. The molecule has 11 aromatic carbocycles. The number of nitrogens with one attached hydrogen (secondary N) is 3. The summed E-state index contributed by atoms with van der Waals surface area (Å²) >= 11 is 71.8. The maximum atomic E-state index is 13.4. The van der Waals surface area contributed by atoms with E-state index in [1.807, 2.05) is 60.7 Å². The fourth-order valence-electron chi connectivity index (χ4n) is 11.9. The minimum Gasteiger partial charge on any atom is -0.870 e. The summed E-state index contributed by atoms with van der Waals surface area (Å²) in [5.41, 5.74) is 11.8. The van der Waals surface area contributed by atoms with E-state index in [0.29, 0.717) is 154 Å². The Morgan fingerprint density at radius 3 is 1.09 bits per heavy atom. The number of amides is 3. The van der Waals surface area contributed by atoms with Crippen LogP contribution in [0.5, 0.6) is 23.0 Å². The third kappa shape index (κ3) is 39.5. The van der Waals surface area contributed by atoms with Crippen LogP contribution < -0.4 is 59.5 Å². The topological polar surface area (TPSA) is 415 Å². The molecule has 0 atom stereocenters. The molecule has 141 heavy (non-hydrogen) atoms. The molecule has 8 N–H and O–H groups in total. The second-order valence-electron chi connectivity index (χ2n) is 28.2. The number of nitrogens with two attached hydrogens (primary N) is 1. The number of rotatable bonds is 35. The molecular formula is C100H90Cl12LiN7O21. The van der Waals surface area contributed by atoms with Crippen molar-refractivity contribution in [1.82, 2.24) is 26.3 Å². The summed E-state index contributed by atoms with van der Waals surface area (Å²) in [5.74, 6) is -1.25. The maximum Gasteiger partial charge on any atom is 1.00 e. The monoisotopic (exact) mass is 2150 g/mol. The number of aliphatic carboxylic acids is 1. The molecule has 2 aromatic heterocycles. The Morgan fingerprint density at radius 2 is 0.752 bits per heavy atom. The number of ketones is 2. The number of methoxy groups -OCH3 is 2. The first kappa shape index (κ1) is 120. The first-order valence-corrected chi connectivity index (χ1v) is 45.7. The van der Waals surface area contributed by atoms with Crippen molar-refractivity contribution in [2.75, 3.05) is 73.4 Å². The van der Waals surface area contributed by atoms with Crippen molar-refractivity contribution in [3.63, 3.8) is 0 Å². The van der Waals surface area contributed by atoms with Gasteiger partial charge in [-0.1, -0.05) is 314 Å². The minimum absolute atomic E-state index is 0. The van der Waals surface area contributed by atoms with Crippen LogP contribution in [-0.4, -0.2) is 158 Å². The summed E-state index contributed by atoms with van der Waals surface area (Å²) in [6.45, 7) is 4.14. The van der Waals surface area contributed by atoms with Crippen LogP contribution in [-0.2, 0) is 57.4 Å². The number of esters is 3. The number of halogens is 12. The molecule has 0 spiro atoms. The van der Waals surface area contributed by atoms with E-state index < -0.39 is 29.7 Å². The smallest absolute Gasteiger partial charge is 0.870 e. The Balaban J connectivity index is 0.000000312. The largest absolute Gasteiger partial charge is 1.00 e. The van der Waals surface area contributed by atoms with Crippen LogP contribution in [0.3, 0.4) is 0 Å². The molecular weight excluding hydrogens is 2070 g/mol. The summed E-state index contributed by atoms with van der Waals surface area (Å²) in [4.78, 5) is 106. The molecule has 0 aliphatic rings. The molecule has 0 bridgehead atoms. The molecule has 0 radical (unpaired) electrons. The quantitative estimate of drug-likeness (QED) is 0.00247. The molecule has 3 amide bonds. The SMILES string of the molecule is C.CCOC(=O)CC(=O)c1ccccc1.COC(=O)Cc1ccc(-c2noc(-c3ccccc3)c2C(=O)NCCOc2ccc(Cl)cc2Cl)c(Cl)c1.COC(=O)Cc1ccc(/C(Cl)=N/O)c(Cl)c1.NCCOc1ccc(Cl)cc1Cl.O=C(CC(=O)c1ccccc1)NCCOc1ccc(Cl)cc1Cl.O=C(O)Cc1ccc(-c2noc(-c3ccccc3)c2C(=O)NCCOc2ccc(Cl)cc2Cl)c(Cl)c1.[Li+].[OH-]. The Bertz CT molecular complexity index is 6360. The van der Waals surface area contributed by atoms with E-state index in [1.165, 1.54) is 20.3 Å². The van der Waals surface area contributed by atoms with E-state index in [4.69, 9.17) is 188 Å². The number of carbonyl (C=O) groups excluding carboxylic acids is 8. The van der Waals surface area contributed by atoms with Gasteiger partial charge in [-0.3, -0.25) is 43.2 Å². The van der Waals surface area contributed by atoms with Crippen molar-refractivity contribution in [2.45, 2.75) is 46.5 Å². The fourth-order valence-corrected chi connectivity index (χ4v) is 14.9. The van der Waals surface area contributed by atoms with Gasteiger partial charge in [-0.2, -0.15) is 0 Å². The standard InChI is InChI=1S/C27H21Cl3N2O5.C26H19Cl3N2O5.C17H15Cl2NO3.C11H12O3.C10H9Cl2NO3.C8H9Cl2NO.CH4.Li.H2O/c1-35-23(33)14-16-7-9-19(20(29)13-16)25-24(26(37-32-25)17-5-3-2-4-6-17)27(34)31-11-12-36-22-10-8-18(28)15-21(22)30;27-17-7-9-21(20(29)14-17)35-11-10-30-26(34)23-24(31-36-25(23)16-4-2-1-3-5-16)18-8-6-15(12-19(18)28)13-22(32)33;18-13-6-7-16(14(19)10-13)23-9-8-20-17(22)11-15(21)12-4-2-1-3-5-12;1-2-14-11(13)8-10(12)9-6-4-3-5-7-9;1-16-9(14)5-6-2-3-7(8(11)4-6)10(12)13-15;9-6-1-2-8(7(10)5-6)12-4-3-11;;;/h2-10,13,15H,11-12,14H2,1H3,(H,31,34);1-9,12,14H,10-11,13H2,(H,30,34)(H,32,33);1-7,10H,8-9,11H2,(H,20,22);3-7H,2,8H2,1H3;2-4,15H,5H2,1H3;1-2,5H,3-4,11H2;1H4;;1H2/q;;;;;;;+1;/p-1/b;;;;13-10-;;;;. The van der Waals surface area contributed by atoms with Crippen molar-refractivity contribution in [1.29, 1.82) is 0 Å². The molecule has 0 aliphatic heterocycles. The Labute approximate surface area is 883 Å². The zero-order chi connectivity index (χ0) is 100. The van der Waals surface area contributed by atoms with E-state index in [2.05, 4.69) is 40.9 Å². The van der Waals surface area contributed by atoms with E-state index in [0.717, 1.165) is 0 Å². The number of oxime groups is 1. The average molecular weight is 2160 g/mol. The van der Waals surface area contributed by atoms with E-state index in [9.17, 15) is 43.2 Å². The molecule has 0 saturated heterocycles. The van der Waals surface area contributed by atoms with Crippen molar-refractivity contribution >= 4 is 198 Å². The van der Waals surface area contributed by atoms with Gasteiger partial charge in [0, 0.05) is 65.6 Å². The molecule has 0 aliphatic carbocycles. The summed E-state index contributed by atoms with van der Waals surface area (Å²) in [6.07, 6.45) is -0.359. The second kappa shape index (κ2) is 63.1. The van der Waals surface area contributed by atoms with Gasteiger partial charge < -0.3 is 79.7 Å². The number of hydrogen-bond donors (Lipinski definition) is 6. The molecule has 2 heterocycles. The number of benzene rings is 11. The molecule has 13 rings (SSSR count). The average Bonchev–Trinajstić information content (AvgIpc) is 1.64. The van der Waals surface area contributed by atoms with E-state index >= 15 is 0 Å². The van der Waals surface area contributed by atoms with Gasteiger partial charge in [0.15, 0.2) is 28.3 Å². The predicted molar refractivity (Wildman–Crippen MR) is 544 cm³/mol. The van der Waals surface area contributed by atoms with Gasteiger partial charge in [-0.05, 0) is 121 Å². The third-order valence-corrected chi connectivity index (χ3v) is 21.7. The van der Waals surface area contributed by atoms with Gasteiger partial charge in [-0.25, -0.2) is 0 Å². The minimum atomic E-state index is -0.978. The van der Waals surface area contributed by atoms with Gasteiger partial charge >= 0.3 is 42.7 Å². The van der Waals surface area contributed by atoms with Gasteiger partial charge in [0.1, 0.15) is 78.4 Å². The van der Waals surface area contributed by atoms with Crippen molar-refractivity contribution in [2.24, 2.45) is 10.9 Å². The Hall–Kier alpha value is -11.9. The van der Waals surface area contributed by atoms with Crippen LogP contribution in [0.25, 0.3) is 45.2 Å². The van der Waals surface area contributed by atoms with Crippen molar-refractivity contribution in [3.8, 4) is 68.2 Å². The zero-order valence-electron chi connectivity index (χ0n) is 74.7. The molecule has 0 unspecified atom stereocenters. The summed E-state index contributed by atoms with van der Waals surface area (Å²) in [7, 11) is 2.63. The number of nitrogens with zero attached hydrogens (tertiary/aromatic N) is 3. The predicted octanol–water partition coefficient (Wildman–Crippen LogP) is 20.7. The van der Waals surface area contributed by atoms with Crippen LogP contribution in [0.4, 0.5) is 0 Å². The van der Waals surface area contributed by atoms with Crippen LogP contribution in [0, 0.1) is 0 Å². The van der Waals surface area contributed by atoms with Crippen molar-refractivity contribution in [3.05, 3.63) is 348 Å². The molecule has 0 fully saturated rings. The van der Waals surface area contributed by atoms with Crippen LogP contribution in [0.1, 0.15) is 90.9 Å². The third-order valence-electron chi connectivity index (χ3n) is 18.4. The van der Waals surface area contributed by atoms with Crippen molar-refractivity contribution < 1.29 is 120 Å². The van der Waals surface area contributed by atoms with Crippen LogP contribution >= 0.6 is 139 Å². The normalized spacial score (nSPS) is 10.3. The summed E-state index contributed by atoms with van der Waals surface area (Å²) in [6, 6.07) is 70.0. The van der Waals surface area contributed by atoms with Gasteiger partial charge in [0.05, 0.1) is 101 Å². The number of ether oxygens (including phenoxy) is 7. The van der Waals surface area contributed by atoms with Crippen LogP contribution in [0.15, 0.2) is 263 Å². The Kier molecular flexibility index (Phi) is 53.6. The molecule has 41 heteroatoms. The summed E-state index contributed by atoms with van der Waals surface area (Å²) in [5, 5.41) is 41.5. The number of hydrogen-bond acceptors (Lipinski definition) is 24. The van der Waals surface area contributed by atoms with E-state index in [1.54, 1.807) is 189 Å². The molecule has 736 valence electrons. The van der Waals surface area contributed by atoms with Crippen LogP contribution in [0.2, 0.25) is 55.2 Å². The molecule has 28 nitrogen and oxygen atoms in total. The maximum absolute atomic E-state index is 13.4. The molecule has 0 saturated carbocycles. The van der Waals surface area contributed by atoms with Gasteiger partial charge in [-0.15, -0.1) is 0 Å². The summed E-state index contributed by atoms with van der Waals surface area (Å²) < 4.78 is 47.1. The van der Waals surface area contributed by atoms with Gasteiger partial charge in [0.2, 0.25) is 5.91 Å². The van der Waals surface area contributed by atoms with Gasteiger partial charge in [0.25, 0.3) is 11.8 Å². The number of aromatic nitrogens is 2. The Morgan fingerprint density at radius 1 is 0.411 bits per heavy atom. The van der Waals surface area contributed by atoms with E-state index in [-0.39, 0.29) is 165 Å². The number of Topliss-reactive ketones (excluding diaryl/α,β-unsaturated/α-hetero) is 2. The number of carbonyl (C=O) groups is 9. The molecule has 13 aromatic rings. The number of carboxylic acid groups (broad SMARTS) is 1. The zero-order valence-corrected chi connectivity index (χ0v) is 83.8. The fraction of sp³-hybridized carbons (Fsp3) is 0.180. The number of carboxylic acids is 1. The second-order valence-corrected chi connectivity index (χ2v) is 33.1. The first-order chi connectivity index (χ1) is 66.3.